The zero-order chi connectivity index (χ0) is 21.7. The van der Waals surface area contributed by atoms with Crippen molar-refractivity contribution in [3.05, 3.63) is 71.3 Å². The first kappa shape index (κ1) is 21.6. The van der Waals surface area contributed by atoms with Crippen LogP contribution in [0.4, 0.5) is 13.2 Å². The van der Waals surface area contributed by atoms with Crippen molar-refractivity contribution < 1.29 is 27.5 Å². The lowest BCUT2D eigenvalue weighted by molar-refractivity contribution is -0.137. The van der Waals surface area contributed by atoms with E-state index in [1.54, 1.807) is 36.3 Å². The minimum absolute atomic E-state index is 0.0456. The second-order valence-electron chi connectivity index (χ2n) is 7.15. The second kappa shape index (κ2) is 9.15. The van der Waals surface area contributed by atoms with Gasteiger partial charge in [-0.15, -0.1) is 0 Å². The number of amides is 1. The van der Waals surface area contributed by atoms with Crippen LogP contribution in [-0.4, -0.2) is 36.8 Å². The van der Waals surface area contributed by atoms with Gasteiger partial charge in [-0.25, -0.2) is 0 Å². The normalized spacial score (nSPS) is 15.4. The average molecular weight is 417 g/mol. The number of halogens is 3. The molecule has 0 unspecified atom stereocenters. The summed E-state index contributed by atoms with van der Waals surface area (Å²) in [5.41, 5.74) is 0.169. The monoisotopic (exact) mass is 417 g/mol. The Morgan fingerprint density at radius 3 is 2.33 bits per heavy atom. The summed E-state index contributed by atoms with van der Waals surface area (Å²) in [6.07, 6.45) is -0.665. The van der Waals surface area contributed by atoms with E-state index < -0.39 is 11.7 Å². The highest BCUT2D eigenvalue weighted by atomic mass is 19.4. The Bertz CT molecular complexity index is 927. The van der Waals surface area contributed by atoms with E-state index in [9.17, 15) is 22.8 Å². The molecule has 0 aromatic heterocycles. The van der Waals surface area contributed by atoms with Crippen molar-refractivity contribution in [3.8, 4) is 5.75 Å². The first-order chi connectivity index (χ1) is 14.3. The molecule has 2 aromatic carbocycles. The molecule has 4 nitrogen and oxygen atoms in total. The second-order valence-corrected chi connectivity index (χ2v) is 7.15. The Balaban J connectivity index is 1.56. The van der Waals surface area contributed by atoms with Crippen molar-refractivity contribution in [2.75, 3.05) is 20.2 Å². The van der Waals surface area contributed by atoms with Crippen LogP contribution in [0.1, 0.15) is 34.3 Å². The minimum atomic E-state index is -4.42. The number of methoxy groups -OCH3 is 1. The molecular formula is C23H22F3NO3. The quantitative estimate of drug-likeness (QED) is 0.516. The van der Waals surface area contributed by atoms with Gasteiger partial charge in [0.1, 0.15) is 5.75 Å². The Hall–Kier alpha value is -3.09. The van der Waals surface area contributed by atoms with Crippen LogP contribution in [0.15, 0.2) is 54.6 Å². The number of ether oxygens (including phenoxy) is 1. The molecule has 1 saturated heterocycles. The maximum Gasteiger partial charge on any atom is 0.416 e. The molecule has 1 amide bonds. The van der Waals surface area contributed by atoms with Crippen LogP contribution in [0.5, 0.6) is 5.75 Å². The van der Waals surface area contributed by atoms with Gasteiger partial charge in [0.15, 0.2) is 5.78 Å². The number of nitrogens with zero attached hydrogens (tertiary/aromatic N) is 1. The van der Waals surface area contributed by atoms with Crippen LogP contribution in [0.25, 0.3) is 6.08 Å². The van der Waals surface area contributed by atoms with Crippen molar-refractivity contribution in [1.29, 1.82) is 0 Å². The minimum Gasteiger partial charge on any atom is -0.497 e. The first-order valence-electron chi connectivity index (χ1n) is 9.60. The highest BCUT2D eigenvalue weighted by Gasteiger charge is 2.30. The Kier molecular flexibility index (Phi) is 6.59. The molecule has 2 aromatic rings. The number of alkyl halides is 3. The van der Waals surface area contributed by atoms with Gasteiger partial charge in [0.2, 0.25) is 5.91 Å². The van der Waals surface area contributed by atoms with Gasteiger partial charge in [-0.2, -0.15) is 13.2 Å². The standard InChI is InChI=1S/C23H22F3NO3/c1-30-20-8-6-17(7-9-20)22(29)18-11-13-27(14-12-18)21(28)10-5-16-3-2-4-19(15-16)23(24,25)26/h2-10,15,18H,11-14H2,1H3. The molecule has 1 heterocycles. The number of ketones is 1. The summed E-state index contributed by atoms with van der Waals surface area (Å²) in [5.74, 6) is 0.293. The van der Waals surface area contributed by atoms with Crippen molar-refractivity contribution in [3.63, 3.8) is 0 Å². The van der Waals surface area contributed by atoms with Gasteiger partial charge >= 0.3 is 6.18 Å². The smallest absolute Gasteiger partial charge is 0.416 e. The number of likely N-dealkylation sites (tertiary alicyclic amines) is 1. The number of piperidine rings is 1. The predicted molar refractivity (Wildman–Crippen MR) is 107 cm³/mol. The zero-order valence-electron chi connectivity index (χ0n) is 16.5. The summed E-state index contributed by atoms with van der Waals surface area (Å²) in [6.45, 7) is 0.858. The van der Waals surface area contributed by atoms with Crippen molar-refractivity contribution in [1.82, 2.24) is 4.90 Å². The van der Waals surface area contributed by atoms with E-state index in [1.807, 2.05) is 0 Å². The van der Waals surface area contributed by atoms with E-state index in [0.29, 0.717) is 42.8 Å². The third-order valence-electron chi connectivity index (χ3n) is 5.18. The molecule has 0 saturated carbocycles. The average Bonchev–Trinajstić information content (AvgIpc) is 2.77. The van der Waals surface area contributed by atoms with Crippen molar-refractivity contribution in [2.24, 2.45) is 5.92 Å². The van der Waals surface area contributed by atoms with Crippen LogP contribution in [-0.2, 0) is 11.0 Å². The van der Waals surface area contributed by atoms with Gasteiger partial charge in [0, 0.05) is 30.6 Å². The lowest BCUT2D eigenvalue weighted by Crippen LogP contribution is -2.39. The van der Waals surface area contributed by atoms with E-state index in [0.717, 1.165) is 12.1 Å². The number of hydrogen-bond acceptors (Lipinski definition) is 3. The van der Waals surface area contributed by atoms with E-state index in [-0.39, 0.29) is 17.6 Å². The molecule has 30 heavy (non-hydrogen) atoms. The third-order valence-corrected chi connectivity index (χ3v) is 5.18. The number of Topliss-reactive ketones (excluding diaryl/α,β-unsaturated/α-hetero) is 1. The van der Waals surface area contributed by atoms with Crippen LogP contribution < -0.4 is 4.74 Å². The van der Waals surface area contributed by atoms with Crippen molar-refractivity contribution in [2.45, 2.75) is 19.0 Å². The van der Waals surface area contributed by atoms with E-state index in [2.05, 4.69) is 0 Å². The number of carbonyl (C=O) groups is 2. The van der Waals surface area contributed by atoms with E-state index >= 15 is 0 Å². The molecule has 0 radical (unpaired) electrons. The fourth-order valence-corrected chi connectivity index (χ4v) is 3.44. The summed E-state index contributed by atoms with van der Waals surface area (Å²) in [5, 5.41) is 0. The van der Waals surface area contributed by atoms with Crippen LogP contribution in [0.2, 0.25) is 0 Å². The molecule has 0 aliphatic carbocycles. The van der Waals surface area contributed by atoms with Gasteiger partial charge in [-0.1, -0.05) is 12.1 Å². The molecule has 3 rings (SSSR count). The van der Waals surface area contributed by atoms with E-state index in [4.69, 9.17) is 4.74 Å². The topological polar surface area (TPSA) is 46.6 Å². The molecule has 1 fully saturated rings. The molecule has 158 valence electrons. The van der Waals surface area contributed by atoms with Gasteiger partial charge < -0.3 is 9.64 Å². The summed E-state index contributed by atoms with van der Waals surface area (Å²) >= 11 is 0. The summed E-state index contributed by atoms with van der Waals surface area (Å²) in [6, 6.07) is 11.8. The van der Waals surface area contributed by atoms with Crippen LogP contribution in [0, 0.1) is 5.92 Å². The van der Waals surface area contributed by atoms with Gasteiger partial charge in [-0.3, -0.25) is 9.59 Å². The maximum absolute atomic E-state index is 12.8. The van der Waals surface area contributed by atoms with Gasteiger partial charge in [0.25, 0.3) is 0 Å². The molecule has 0 atom stereocenters. The number of hydrogen-bond donors (Lipinski definition) is 0. The molecule has 1 aliphatic heterocycles. The molecular weight excluding hydrogens is 395 g/mol. The zero-order valence-corrected chi connectivity index (χ0v) is 16.5. The lowest BCUT2D eigenvalue weighted by Gasteiger charge is -2.30. The maximum atomic E-state index is 12.8. The Morgan fingerprint density at radius 1 is 1.07 bits per heavy atom. The lowest BCUT2D eigenvalue weighted by atomic mass is 9.89. The first-order valence-corrected chi connectivity index (χ1v) is 9.60. The molecule has 0 spiro atoms. The van der Waals surface area contributed by atoms with E-state index in [1.165, 1.54) is 24.3 Å². The molecule has 7 heteroatoms. The molecule has 1 aliphatic rings. The molecule has 0 bridgehead atoms. The predicted octanol–water partition coefficient (Wildman–Crippen LogP) is 4.85. The largest absolute Gasteiger partial charge is 0.497 e. The van der Waals surface area contributed by atoms with Crippen LogP contribution >= 0.6 is 0 Å². The van der Waals surface area contributed by atoms with Crippen molar-refractivity contribution >= 4 is 17.8 Å². The highest BCUT2D eigenvalue weighted by Crippen LogP contribution is 2.30. The Labute approximate surface area is 173 Å². The summed E-state index contributed by atoms with van der Waals surface area (Å²) < 4.78 is 43.5. The fourth-order valence-electron chi connectivity index (χ4n) is 3.44. The number of carbonyl (C=O) groups excluding carboxylic acids is 2. The highest BCUT2D eigenvalue weighted by molar-refractivity contribution is 5.98. The van der Waals surface area contributed by atoms with Crippen LogP contribution in [0.3, 0.4) is 0 Å². The van der Waals surface area contributed by atoms with Gasteiger partial charge in [-0.05, 0) is 60.9 Å². The third kappa shape index (κ3) is 5.28. The molecule has 0 N–H and O–H groups in total. The summed E-state index contributed by atoms with van der Waals surface area (Å²) in [7, 11) is 1.56. The van der Waals surface area contributed by atoms with Gasteiger partial charge in [0.05, 0.1) is 12.7 Å². The number of rotatable bonds is 5. The fraction of sp³-hybridized carbons (Fsp3) is 0.304. The SMILES string of the molecule is COc1ccc(C(=O)C2CCN(C(=O)C=Cc3cccc(C(F)(F)F)c3)CC2)cc1. The summed E-state index contributed by atoms with van der Waals surface area (Å²) in [4.78, 5) is 26.7. The Morgan fingerprint density at radius 2 is 1.73 bits per heavy atom. The number of benzene rings is 2.